The van der Waals surface area contributed by atoms with E-state index in [1.165, 1.54) is 23.8 Å². The number of ether oxygens (including phenoxy) is 1. The molecule has 8 heteroatoms. The van der Waals surface area contributed by atoms with Gasteiger partial charge in [0.05, 0.1) is 29.5 Å². The standard InChI is InChI=1S/C29H27F3N2O3/c1-18-16-22(19(2)34(18)25-13-9-8-12-24(25)29(30,31)32)17-23-26(28(36)37-4)20(3)33(27(23)35)15-14-21-10-6-5-7-11-21/h5-13,16-17H,14-15H2,1-4H3/b23-17-. The lowest BCUT2D eigenvalue weighted by atomic mass is 10.0. The molecule has 0 aliphatic carbocycles. The number of nitrogens with zero attached hydrogens (tertiary/aromatic N) is 2. The van der Waals surface area contributed by atoms with Crippen LogP contribution in [0, 0.1) is 13.8 Å². The molecule has 1 aliphatic heterocycles. The molecular weight excluding hydrogens is 481 g/mol. The van der Waals surface area contributed by atoms with E-state index in [4.69, 9.17) is 4.74 Å². The van der Waals surface area contributed by atoms with Crippen molar-refractivity contribution in [1.82, 2.24) is 9.47 Å². The summed E-state index contributed by atoms with van der Waals surface area (Å²) in [7, 11) is 1.25. The molecule has 1 amide bonds. The lowest BCUT2D eigenvalue weighted by molar-refractivity contribution is -0.137. The molecule has 1 aliphatic rings. The highest BCUT2D eigenvalue weighted by molar-refractivity contribution is 6.16. The molecule has 0 atom stereocenters. The van der Waals surface area contributed by atoms with E-state index < -0.39 is 17.7 Å². The van der Waals surface area contributed by atoms with Crippen LogP contribution in [0.4, 0.5) is 13.2 Å². The molecule has 0 fully saturated rings. The van der Waals surface area contributed by atoms with Crippen LogP contribution in [0.15, 0.2) is 77.5 Å². The number of allylic oxidation sites excluding steroid dienone is 1. The summed E-state index contributed by atoms with van der Waals surface area (Å²) in [4.78, 5) is 27.7. The lowest BCUT2D eigenvalue weighted by Gasteiger charge is -2.18. The average Bonchev–Trinajstić information content (AvgIpc) is 3.28. The van der Waals surface area contributed by atoms with Crippen LogP contribution >= 0.6 is 0 Å². The molecule has 2 aromatic carbocycles. The summed E-state index contributed by atoms with van der Waals surface area (Å²) in [5.74, 6) is -0.995. The van der Waals surface area contributed by atoms with Crippen LogP contribution in [0.2, 0.25) is 0 Å². The zero-order valence-electron chi connectivity index (χ0n) is 21.0. The number of benzene rings is 2. The van der Waals surface area contributed by atoms with Gasteiger partial charge in [-0.2, -0.15) is 13.2 Å². The summed E-state index contributed by atoms with van der Waals surface area (Å²) >= 11 is 0. The van der Waals surface area contributed by atoms with E-state index in [1.54, 1.807) is 43.9 Å². The number of methoxy groups -OCH3 is 1. The van der Waals surface area contributed by atoms with Gasteiger partial charge in [0, 0.05) is 23.6 Å². The molecule has 0 radical (unpaired) electrons. The fourth-order valence-electron chi connectivity index (χ4n) is 4.75. The Balaban J connectivity index is 1.76. The number of hydrogen-bond donors (Lipinski definition) is 0. The Bertz CT molecular complexity index is 1420. The molecule has 192 valence electrons. The first-order valence-corrected chi connectivity index (χ1v) is 11.8. The number of hydrogen-bond acceptors (Lipinski definition) is 3. The maximum Gasteiger partial charge on any atom is 0.418 e. The van der Waals surface area contributed by atoms with Crippen molar-refractivity contribution < 1.29 is 27.5 Å². The Morgan fingerprint density at radius 1 is 1.00 bits per heavy atom. The third-order valence-electron chi connectivity index (χ3n) is 6.59. The number of aryl methyl sites for hydroxylation is 1. The van der Waals surface area contributed by atoms with Crippen LogP contribution in [0.3, 0.4) is 0 Å². The molecule has 0 saturated carbocycles. The number of aromatic nitrogens is 1. The van der Waals surface area contributed by atoms with E-state index in [2.05, 4.69) is 0 Å². The first-order chi connectivity index (χ1) is 17.5. The summed E-state index contributed by atoms with van der Waals surface area (Å²) in [5, 5.41) is 0. The van der Waals surface area contributed by atoms with Gasteiger partial charge in [-0.1, -0.05) is 42.5 Å². The average molecular weight is 509 g/mol. The number of para-hydroxylation sites is 1. The fourth-order valence-corrected chi connectivity index (χ4v) is 4.75. The first kappa shape index (κ1) is 26.0. The minimum Gasteiger partial charge on any atom is -0.465 e. The van der Waals surface area contributed by atoms with Gasteiger partial charge in [0.1, 0.15) is 0 Å². The number of carbonyl (C=O) groups is 2. The summed E-state index contributed by atoms with van der Waals surface area (Å²) in [6.45, 7) is 5.45. The zero-order valence-corrected chi connectivity index (χ0v) is 21.0. The monoisotopic (exact) mass is 508 g/mol. The van der Waals surface area contributed by atoms with Gasteiger partial charge in [-0.15, -0.1) is 0 Å². The Labute approximate surface area is 213 Å². The molecule has 5 nitrogen and oxygen atoms in total. The van der Waals surface area contributed by atoms with Crippen molar-refractivity contribution in [3.63, 3.8) is 0 Å². The van der Waals surface area contributed by atoms with E-state index in [0.29, 0.717) is 35.6 Å². The predicted octanol–water partition coefficient (Wildman–Crippen LogP) is 6.03. The second-order valence-corrected chi connectivity index (χ2v) is 8.88. The van der Waals surface area contributed by atoms with Crippen LogP contribution in [0.1, 0.15) is 35.0 Å². The Kier molecular flexibility index (Phi) is 7.12. The second kappa shape index (κ2) is 10.1. The Morgan fingerprint density at radius 3 is 2.30 bits per heavy atom. The van der Waals surface area contributed by atoms with Crippen molar-refractivity contribution in [2.75, 3.05) is 13.7 Å². The van der Waals surface area contributed by atoms with Gasteiger partial charge in [-0.25, -0.2) is 4.79 Å². The van der Waals surface area contributed by atoms with Crippen molar-refractivity contribution in [3.05, 3.63) is 106 Å². The normalized spacial score (nSPS) is 15.2. The minimum atomic E-state index is -4.53. The SMILES string of the molecule is COC(=O)C1=C(C)N(CCc2ccccc2)C(=O)/C1=C\c1cc(C)n(-c2ccccc2C(F)(F)F)c1C. The third kappa shape index (κ3) is 4.96. The number of carbonyl (C=O) groups excluding carboxylic acids is 2. The van der Waals surface area contributed by atoms with Crippen LogP contribution in [0.25, 0.3) is 11.8 Å². The molecular formula is C29H27F3N2O3. The van der Waals surface area contributed by atoms with Gasteiger partial charge in [0.15, 0.2) is 0 Å². The molecule has 0 spiro atoms. The summed E-state index contributed by atoms with van der Waals surface area (Å²) in [6, 6.07) is 16.7. The Hall–Kier alpha value is -4.07. The highest BCUT2D eigenvalue weighted by atomic mass is 19.4. The fraction of sp³-hybridized carbons (Fsp3) is 0.241. The van der Waals surface area contributed by atoms with E-state index >= 15 is 0 Å². The van der Waals surface area contributed by atoms with E-state index in [9.17, 15) is 22.8 Å². The van der Waals surface area contributed by atoms with Crippen LogP contribution in [-0.4, -0.2) is 35.0 Å². The molecule has 3 aromatic rings. The van der Waals surface area contributed by atoms with Gasteiger partial charge in [-0.05, 0) is 62.6 Å². The largest absolute Gasteiger partial charge is 0.465 e. The molecule has 0 bridgehead atoms. The van der Waals surface area contributed by atoms with Crippen molar-refractivity contribution >= 4 is 18.0 Å². The molecule has 4 rings (SSSR count). The minimum absolute atomic E-state index is 0.00296. The van der Waals surface area contributed by atoms with Gasteiger partial charge in [-0.3, -0.25) is 4.79 Å². The molecule has 0 N–H and O–H groups in total. The van der Waals surface area contributed by atoms with Crippen molar-refractivity contribution in [2.24, 2.45) is 0 Å². The van der Waals surface area contributed by atoms with Gasteiger partial charge in [0.2, 0.25) is 0 Å². The van der Waals surface area contributed by atoms with E-state index in [0.717, 1.165) is 11.6 Å². The second-order valence-electron chi connectivity index (χ2n) is 8.88. The Morgan fingerprint density at radius 2 is 1.65 bits per heavy atom. The molecule has 37 heavy (non-hydrogen) atoms. The van der Waals surface area contributed by atoms with Crippen molar-refractivity contribution in [1.29, 1.82) is 0 Å². The van der Waals surface area contributed by atoms with Gasteiger partial charge >= 0.3 is 12.1 Å². The zero-order chi connectivity index (χ0) is 26.9. The number of rotatable bonds is 6. The number of amides is 1. The third-order valence-corrected chi connectivity index (χ3v) is 6.59. The quantitative estimate of drug-likeness (QED) is 0.302. The molecule has 0 saturated heterocycles. The van der Waals surface area contributed by atoms with E-state index in [-0.39, 0.29) is 22.7 Å². The van der Waals surface area contributed by atoms with Crippen LogP contribution < -0.4 is 0 Å². The predicted molar refractivity (Wildman–Crippen MR) is 135 cm³/mol. The van der Waals surface area contributed by atoms with Gasteiger partial charge in [0.25, 0.3) is 5.91 Å². The topological polar surface area (TPSA) is 51.5 Å². The maximum atomic E-state index is 13.7. The van der Waals surface area contributed by atoms with Crippen LogP contribution in [0.5, 0.6) is 0 Å². The van der Waals surface area contributed by atoms with Crippen molar-refractivity contribution in [3.8, 4) is 5.69 Å². The first-order valence-electron chi connectivity index (χ1n) is 11.8. The summed E-state index contributed by atoms with van der Waals surface area (Å²) < 4.78 is 47.6. The molecule has 1 aromatic heterocycles. The summed E-state index contributed by atoms with van der Waals surface area (Å²) in [6.07, 6.45) is -2.37. The highest BCUT2D eigenvalue weighted by Gasteiger charge is 2.37. The molecule has 0 unspecified atom stereocenters. The smallest absolute Gasteiger partial charge is 0.418 e. The van der Waals surface area contributed by atoms with Gasteiger partial charge < -0.3 is 14.2 Å². The maximum absolute atomic E-state index is 13.7. The van der Waals surface area contributed by atoms with E-state index in [1.807, 2.05) is 30.3 Å². The number of esters is 1. The highest BCUT2D eigenvalue weighted by Crippen LogP contribution is 2.37. The van der Waals surface area contributed by atoms with Crippen molar-refractivity contribution in [2.45, 2.75) is 33.4 Å². The number of halogens is 3. The molecule has 2 heterocycles. The summed E-state index contributed by atoms with van der Waals surface area (Å²) in [5.41, 5.74) is 2.69. The van der Waals surface area contributed by atoms with Crippen LogP contribution in [-0.2, 0) is 26.9 Å². The number of alkyl halides is 3. The lowest BCUT2D eigenvalue weighted by Crippen LogP contribution is -2.27.